The van der Waals surface area contributed by atoms with Crippen LogP contribution in [0.25, 0.3) is 6.08 Å². The number of thioether (sulfide) groups is 1. The molecule has 0 spiro atoms. The van der Waals surface area contributed by atoms with Crippen LogP contribution in [0.2, 0.25) is 5.02 Å². The molecule has 0 unspecified atom stereocenters. The maximum absolute atomic E-state index is 13.1. The fourth-order valence-corrected chi connectivity index (χ4v) is 5.68. The van der Waals surface area contributed by atoms with Crippen molar-refractivity contribution in [3.63, 3.8) is 0 Å². The molecule has 1 saturated heterocycles. The Morgan fingerprint density at radius 1 is 1.09 bits per heavy atom. The second kappa shape index (κ2) is 9.69. The first-order chi connectivity index (χ1) is 15.7. The van der Waals surface area contributed by atoms with Crippen molar-refractivity contribution in [3.8, 4) is 0 Å². The van der Waals surface area contributed by atoms with E-state index in [1.165, 1.54) is 34.5 Å². The molecule has 0 aliphatic carbocycles. The molecule has 33 heavy (non-hydrogen) atoms. The highest BCUT2D eigenvalue weighted by Crippen LogP contribution is 2.39. The van der Waals surface area contributed by atoms with Gasteiger partial charge in [0.1, 0.15) is 0 Å². The third-order valence-electron chi connectivity index (χ3n) is 4.91. The zero-order valence-corrected chi connectivity index (χ0v) is 20.8. The molecule has 3 aromatic carbocycles. The first-order valence-corrected chi connectivity index (χ1v) is 12.2. The van der Waals surface area contributed by atoms with Crippen molar-refractivity contribution in [2.45, 2.75) is 23.6 Å². The van der Waals surface area contributed by atoms with Crippen molar-refractivity contribution in [3.05, 3.63) is 97.4 Å². The lowest BCUT2D eigenvalue weighted by molar-refractivity contribution is -0.387. The van der Waals surface area contributed by atoms with Crippen LogP contribution < -0.4 is 4.90 Å². The molecule has 1 aliphatic rings. The Kier molecular flexibility index (Phi) is 6.90. The number of amides is 1. The summed E-state index contributed by atoms with van der Waals surface area (Å²) in [6.45, 7) is 3.92. The lowest BCUT2D eigenvalue weighted by Gasteiger charge is -2.17. The van der Waals surface area contributed by atoms with E-state index in [4.69, 9.17) is 23.8 Å². The first-order valence-electron chi connectivity index (χ1n) is 9.80. The van der Waals surface area contributed by atoms with E-state index in [1.54, 1.807) is 30.3 Å². The van der Waals surface area contributed by atoms with Gasteiger partial charge in [-0.1, -0.05) is 71.1 Å². The van der Waals surface area contributed by atoms with E-state index in [0.29, 0.717) is 24.7 Å². The Bertz CT molecular complexity index is 1320. The average molecular weight is 513 g/mol. The van der Waals surface area contributed by atoms with Crippen molar-refractivity contribution >= 4 is 75.0 Å². The zero-order valence-electron chi connectivity index (χ0n) is 17.6. The Labute approximate surface area is 210 Å². The molecule has 3 aromatic rings. The number of hydrogen-bond acceptors (Lipinski definition) is 6. The summed E-state index contributed by atoms with van der Waals surface area (Å²) >= 11 is 13.9. The van der Waals surface area contributed by atoms with Crippen molar-refractivity contribution < 1.29 is 9.72 Å². The number of nitro benzene ring substituents is 1. The molecule has 1 aliphatic heterocycles. The Balaban J connectivity index is 1.64. The van der Waals surface area contributed by atoms with Gasteiger partial charge in [-0.15, -0.1) is 0 Å². The van der Waals surface area contributed by atoms with E-state index in [2.05, 4.69) is 0 Å². The molecule has 9 heteroatoms. The molecule has 0 saturated carbocycles. The molecule has 1 amide bonds. The minimum atomic E-state index is -0.420. The van der Waals surface area contributed by atoms with Crippen LogP contribution in [0.1, 0.15) is 16.7 Å². The van der Waals surface area contributed by atoms with Crippen molar-refractivity contribution in [1.82, 2.24) is 0 Å². The second-order valence-electron chi connectivity index (χ2n) is 7.35. The SMILES string of the molecule is Cc1ccc(N2C(=O)C(=Cc3ccc(Sc4ccc(Cl)cc4)c([N+](=O)[O-])c3)SC2=S)c(C)c1. The molecule has 4 rings (SSSR count). The fraction of sp³-hybridized carbons (Fsp3) is 0.0833. The predicted molar refractivity (Wildman–Crippen MR) is 140 cm³/mol. The van der Waals surface area contributed by atoms with Crippen LogP contribution >= 0.6 is 47.3 Å². The van der Waals surface area contributed by atoms with Crippen molar-refractivity contribution in [1.29, 1.82) is 0 Å². The summed E-state index contributed by atoms with van der Waals surface area (Å²) in [7, 11) is 0. The minimum absolute atomic E-state index is 0.0337. The highest BCUT2D eigenvalue weighted by atomic mass is 35.5. The van der Waals surface area contributed by atoms with Gasteiger partial charge in [0, 0.05) is 16.0 Å². The third kappa shape index (κ3) is 5.14. The summed E-state index contributed by atoms with van der Waals surface area (Å²) in [6, 6.07) is 17.8. The molecular weight excluding hydrogens is 496 g/mol. The van der Waals surface area contributed by atoms with Crippen LogP contribution in [0.4, 0.5) is 11.4 Å². The number of aryl methyl sites for hydroxylation is 2. The topological polar surface area (TPSA) is 63.5 Å². The number of anilines is 1. The summed E-state index contributed by atoms with van der Waals surface area (Å²) in [4.78, 5) is 27.7. The molecule has 166 valence electrons. The van der Waals surface area contributed by atoms with Gasteiger partial charge in [-0.3, -0.25) is 19.8 Å². The molecule has 0 N–H and O–H groups in total. The summed E-state index contributed by atoms with van der Waals surface area (Å²) in [5, 5.41) is 12.3. The maximum Gasteiger partial charge on any atom is 0.283 e. The van der Waals surface area contributed by atoms with E-state index in [0.717, 1.165) is 21.7 Å². The lowest BCUT2D eigenvalue weighted by atomic mass is 10.1. The first kappa shape index (κ1) is 23.5. The third-order valence-corrected chi connectivity index (χ3v) is 7.53. The largest absolute Gasteiger partial charge is 0.283 e. The quantitative estimate of drug-likeness (QED) is 0.153. The zero-order chi connectivity index (χ0) is 23.7. The van der Waals surface area contributed by atoms with Crippen LogP contribution in [-0.2, 0) is 4.79 Å². The number of thiocarbonyl (C=S) groups is 1. The smallest absolute Gasteiger partial charge is 0.268 e. The molecule has 5 nitrogen and oxygen atoms in total. The maximum atomic E-state index is 13.1. The van der Waals surface area contributed by atoms with Crippen LogP contribution in [-0.4, -0.2) is 15.2 Å². The van der Waals surface area contributed by atoms with Crippen molar-refractivity contribution in [2.75, 3.05) is 4.90 Å². The number of hydrogen-bond donors (Lipinski definition) is 0. The number of halogens is 1. The highest BCUT2D eigenvalue weighted by molar-refractivity contribution is 8.27. The van der Waals surface area contributed by atoms with Crippen LogP contribution in [0.15, 0.2) is 75.4 Å². The van der Waals surface area contributed by atoms with E-state index >= 15 is 0 Å². The predicted octanol–water partition coefficient (Wildman–Crippen LogP) is 7.42. The minimum Gasteiger partial charge on any atom is -0.268 e. The number of nitrogens with zero attached hydrogens (tertiary/aromatic N) is 2. The van der Waals surface area contributed by atoms with E-state index in [-0.39, 0.29) is 11.6 Å². The van der Waals surface area contributed by atoms with Crippen molar-refractivity contribution in [2.24, 2.45) is 0 Å². The van der Waals surface area contributed by atoms with Crippen LogP contribution in [0, 0.1) is 24.0 Å². The Morgan fingerprint density at radius 3 is 2.48 bits per heavy atom. The van der Waals surface area contributed by atoms with E-state index in [9.17, 15) is 14.9 Å². The number of carbonyl (C=O) groups is 1. The van der Waals surface area contributed by atoms with E-state index < -0.39 is 4.92 Å². The van der Waals surface area contributed by atoms with Gasteiger partial charge >= 0.3 is 0 Å². The van der Waals surface area contributed by atoms with Gasteiger partial charge in [0.05, 0.1) is 20.4 Å². The van der Waals surface area contributed by atoms with Crippen LogP contribution in [0.3, 0.4) is 0 Å². The normalized spacial score (nSPS) is 14.9. The summed E-state index contributed by atoms with van der Waals surface area (Å²) < 4.78 is 0.433. The molecule has 1 heterocycles. The summed E-state index contributed by atoms with van der Waals surface area (Å²) in [5.41, 5.74) is 3.32. The molecular formula is C24H17ClN2O3S3. The number of nitro groups is 1. The Hall–Kier alpha value is -2.65. The Morgan fingerprint density at radius 2 is 1.82 bits per heavy atom. The van der Waals surface area contributed by atoms with Gasteiger partial charge in [0.2, 0.25) is 0 Å². The van der Waals surface area contributed by atoms with Gasteiger partial charge in [-0.05, 0) is 67.4 Å². The average Bonchev–Trinajstić information content (AvgIpc) is 3.03. The highest BCUT2D eigenvalue weighted by Gasteiger charge is 2.34. The fourth-order valence-electron chi connectivity index (χ4n) is 3.37. The molecule has 0 aromatic heterocycles. The van der Waals surface area contributed by atoms with Gasteiger partial charge in [0.15, 0.2) is 4.32 Å². The van der Waals surface area contributed by atoms with Gasteiger partial charge in [-0.25, -0.2) is 0 Å². The van der Waals surface area contributed by atoms with E-state index in [1.807, 2.05) is 44.2 Å². The second-order valence-corrected chi connectivity index (χ2v) is 10.6. The molecule has 0 radical (unpaired) electrons. The summed E-state index contributed by atoms with van der Waals surface area (Å²) in [6.07, 6.45) is 1.65. The number of carbonyl (C=O) groups excluding carboxylic acids is 1. The number of rotatable bonds is 5. The monoisotopic (exact) mass is 512 g/mol. The number of benzene rings is 3. The standard InChI is InChI=1S/C24H17ClN2O3S3/c1-14-3-9-19(15(2)11-14)26-23(28)22(33-24(26)31)13-16-4-10-21(20(12-16)27(29)30)32-18-7-5-17(25)6-8-18/h3-13H,1-2H3. The van der Waals surface area contributed by atoms with Crippen LogP contribution in [0.5, 0.6) is 0 Å². The van der Waals surface area contributed by atoms with Gasteiger partial charge < -0.3 is 0 Å². The molecule has 1 fully saturated rings. The summed E-state index contributed by atoms with van der Waals surface area (Å²) in [5.74, 6) is -0.237. The van der Waals surface area contributed by atoms with Gasteiger partial charge in [-0.2, -0.15) is 0 Å². The lowest BCUT2D eigenvalue weighted by Crippen LogP contribution is -2.28. The molecule has 0 bridgehead atoms. The van der Waals surface area contributed by atoms with Gasteiger partial charge in [0.25, 0.3) is 11.6 Å². The molecule has 0 atom stereocenters.